The van der Waals surface area contributed by atoms with Crippen LogP contribution in [0.3, 0.4) is 0 Å². The van der Waals surface area contributed by atoms with Crippen LogP contribution < -0.4 is 0 Å². The number of ketones is 2. The molecule has 0 radical (unpaired) electrons. The lowest BCUT2D eigenvalue weighted by Crippen LogP contribution is -2.45. The van der Waals surface area contributed by atoms with E-state index >= 15 is 0 Å². The SMILES string of the molecule is CCOC(=O)c1nn(-c2ccc([N+](=O)[O-])cc2)cc1C(=O)c1cc2cc(CN3CCN(Cc4ccc5oc(C(=O)c6cn(-c7ccc([N+](=O)[O-])cc7)nc6C(=O)OCC)cc5c4)CC3)ccc2o1. The van der Waals surface area contributed by atoms with Crippen molar-refractivity contribution in [2.45, 2.75) is 26.9 Å². The molecular formula is C48H40N8O12. The van der Waals surface area contributed by atoms with E-state index in [9.17, 15) is 39.4 Å². The molecule has 0 spiro atoms. The first-order valence-corrected chi connectivity index (χ1v) is 21.5. The number of hydrogen-bond donors (Lipinski definition) is 0. The Morgan fingerprint density at radius 1 is 0.574 bits per heavy atom. The first-order chi connectivity index (χ1) is 32.8. The third-order valence-corrected chi connectivity index (χ3v) is 11.4. The number of furan rings is 2. The molecule has 1 aliphatic rings. The summed E-state index contributed by atoms with van der Waals surface area (Å²) in [5.41, 5.74) is 3.07. The van der Waals surface area contributed by atoms with Crippen LogP contribution in [0.15, 0.2) is 118 Å². The van der Waals surface area contributed by atoms with E-state index in [0.29, 0.717) is 46.4 Å². The molecule has 1 aliphatic heterocycles. The van der Waals surface area contributed by atoms with Crippen LogP contribution in [-0.2, 0) is 22.6 Å². The molecule has 0 N–H and O–H groups in total. The second-order valence-corrected chi connectivity index (χ2v) is 15.8. The lowest BCUT2D eigenvalue weighted by molar-refractivity contribution is -0.385. The van der Waals surface area contributed by atoms with Crippen LogP contribution in [0, 0.1) is 20.2 Å². The van der Waals surface area contributed by atoms with Gasteiger partial charge in [0.15, 0.2) is 22.9 Å². The lowest BCUT2D eigenvalue weighted by Gasteiger charge is -2.34. The monoisotopic (exact) mass is 920 g/mol. The van der Waals surface area contributed by atoms with E-state index in [1.165, 1.54) is 70.3 Å². The number of rotatable bonds is 16. The summed E-state index contributed by atoms with van der Waals surface area (Å²) in [4.78, 5) is 79.4. The smallest absolute Gasteiger partial charge is 0.359 e. The molecule has 68 heavy (non-hydrogen) atoms. The lowest BCUT2D eigenvalue weighted by atomic mass is 10.1. The maximum atomic E-state index is 13.9. The first-order valence-electron chi connectivity index (χ1n) is 21.5. The van der Waals surface area contributed by atoms with Crippen molar-refractivity contribution in [1.82, 2.24) is 29.4 Å². The molecule has 344 valence electrons. The predicted molar refractivity (Wildman–Crippen MR) is 242 cm³/mol. The summed E-state index contributed by atoms with van der Waals surface area (Å²) < 4.78 is 24.9. The molecule has 20 nitrogen and oxygen atoms in total. The van der Waals surface area contributed by atoms with Gasteiger partial charge in [-0.3, -0.25) is 39.6 Å². The summed E-state index contributed by atoms with van der Waals surface area (Å²) in [6, 6.07) is 25.8. The van der Waals surface area contributed by atoms with Gasteiger partial charge < -0.3 is 18.3 Å². The van der Waals surface area contributed by atoms with Gasteiger partial charge in [-0.1, -0.05) is 12.1 Å². The zero-order valence-electron chi connectivity index (χ0n) is 36.5. The van der Waals surface area contributed by atoms with Gasteiger partial charge in [-0.2, -0.15) is 10.2 Å². The van der Waals surface area contributed by atoms with Gasteiger partial charge in [-0.05, 0) is 85.6 Å². The number of ether oxygens (including phenoxy) is 2. The Labute approximate surface area is 385 Å². The van der Waals surface area contributed by atoms with Crippen LogP contribution in [0.25, 0.3) is 33.3 Å². The van der Waals surface area contributed by atoms with Crippen LogP contribution in [0.2, 0.25) is 0 Å². The van der Waals surface area contributed by atoms with Gasteiger partial charge in [0, 0.05) is 86.7 Å². The summed E-state index contributed by atoms with van der Waals surface area (Å²) in [6.07, 6.45) is 2.75. The zero-order chi connectivity index (χ0) is 47.6. The molecule has 1 fully saturated rings. The van der Waals surface area contributed by atoms with E-state index in [1.807, 2.05) is 36.4 Å². The maximum Gasteiger partial charge on any atom is 0.359 e. The van der Waals surface area contributed by atoms with E-state index in [-0.39, 0.29) is 58.6 Å². The molecule has 0 unspecified atom stereocenters. The van der Waals surface area contributed by atoms with Gasteiger partial charge in [-0.15, -0.1) is 0 Å². The largest absolute Gasteiger partial charge is 0.461 e. The highest BCUT2D eigenvalue weighted by molar-refractivity contribution is 6.14. The summed E-state index contributed by atoms with van der Waals surface area (Å²) >= 11 is 0. The first kappa shape index (κ1) is 44.6. The highest BCUT2D eigenvalue weighted by Gasteiger charge is 2.29. The maximum absolute atomic E-state index is 13.9. The van der Waals surface area contributed by atoms with Crippen LogP contribution in [-0.4, -0.2) is 102 Å². The molecule has 0 amide bonds. The molecule has 0 saturated carbocycles. The molecular weight excluding hydrogens is 881 g/mol. The fourth-order valence-electron chi connectivity index (χ4n) is 7.99. The Balaban J connectivity index is 0.839. The fraction of sp³-hybridized carbons (Fsp3) is 0.208. The Morgan fingerprint density at radius 3 is 1.31 bits per heavy atom. The Morgan fingerprint density at radius 2 is 0.956 bits per heavy atom. The average Bonchev–Trinajstić information content (AvgIpc) is 4.17. The minimum Gasteiger partial charge on any atom is -0.461 e. The summed E-state index contributed by atoms with van der Waals surface area (Å²) in [5, 5.41) is 32.3. The number of piperazine rings is 1. The minimum absolute atomic E-state index is 0.00739. The molecule has 4 aromatic carbocycles. The Hall–Kier alpha value is -8.62. The highest BCUT2D eigenvalue weighted by Crippen LogP contribution is 2.28. The Kier molecular flexibility index (Phi) is 12.3. The van der Waals surface area contributed by atoms with Crippen LogP contribution in [0.4, 0.5) is 11.4 Å². The van der Waals surface area contributed by atoms with E-state index in [0.717, 1.165) is 37.3 Å². The zero-order valence-corrected chi connectivity index (χ0v) is 36.5. The number of nitrogens with zero attached hydrogens (tertiary/aromatic N) is 8. The number of nitro groups is 2. The molecule has 0 bridgehead atoms. The van der Waals surface area contributed by atoms with E-state index < -0.39 is 33.4 Å². The quantitative estimate of drug-likeness (QED) is 0.0394. The van der Waals surface area contributed by atoms with Gasteiger partial charge in [0.1, 0.15) is 11.2 Å². The average molecular weight is 921 g/mol. The van der Waals surface area contributed by atoms with Gasteiger partial charge in [-0.25, -0.2) is 19.0 Å². The predicted octanol–water partition coefficient (Wildman–Crippen LogP) is 7.50. The van der Waals surface area contributed by atoms with E-state index in [4.69, 9.17) is 18.3 Å². The summed E-state index contributed by atoms with van der Waals surface area (Å²) in [6.45, 7) is 7.91. The summed E-state index contributed by atoms with van der Waals surface area (Å²) in [5.74, 6) is -2.73. The van der Waals surface area contributed by atoms with Crippen molar-refractivity contribution in [1.29, 1.82) is 0 Å². The molecule has 0 atom stereocenters. The number of hydrogen-bond acceptors (Lipinski definition) is 16. The second-order valence-electron chi connectivity index (χ2n) is 15.8. The number of carbonyl (C=O) groups excluding carboxylic acids is 4. The molecule has 5 heterocycles. The van der Waals surface area contributed by atoms with Crippen molar-refractivity contribution in [3.63, 3.8) is 0 Å². The molecule has 20 heteroatoms. The number of carbonyl (C=O) groups is 4. The molecule has 1 saturated heterocycles. The van der Waals surface area contributed by atoms with Crippen molar-refractivity contribution < 1.29 is 47.3 Å². The van der Waals surface area contributed by atoms with Crippen molar-refractivity contribution in [3.05, 3.63) is 175 Å². The van der Waals surface area contributed by atoms with Crippen molar-refractivity contribution >= 4 is 56.8 Å². The fourth-order valence-corrected chi connectivity index (χ4v) is 7.99. The minimum atomic E-state index is -0.795. The van der Waals surface area contributed by atoms with Gasteiger partial charge >= 0.3 is 11.9 Å². The number of nitro benzene ring substituents is 2. The third kappa shape index (κ3) is 9.13. The number of esters is 2. The van der Waals surface area contributed by atoms with E-state index in [2.05, 4.69) is 20.0 Å². The highest BCUT2D eigenvalue weighted by atomic mass is 16.6. The number of fused-ring (bicyclic) bond motifs is 2. The van der Waals surface area contributed by atoms with Crippen molar-refractivity contribution in [2.75, 3.05) is 39.4 Å². The van der Waals surface area contributed by atoms with E-state index in [1.54, 1.807) is 26.0 Å². The molecule has 0 aliphatic carbocycles. The van der Waals surface area contributed by atoms with Crippen LogP contribution in [0.5, 0.6) is 0 Å². The standard InChI is InChI=1S/C48H40N8O12/c1-3-65-47(59)43-37(27-53(49-43)33-7-11-35(12-8-33)55(61)62)45(57)41-23-31-21-29(5-15-39(31)67-41)25-51-17-19-52(20-18-51)26-30-6-16-40-32(22-30)24-42(68-40)46(58)38-28-54(50-44(38)48(60)66-4-2)34-9-13-36(14-10-34)56(63)64/h5-16,21-24,27-28H,3-4,17-20,25-26H2,1-2H3. The molecule has 4 aromatic heterocycles. The second kappa shape index (κ2) is 18.7. The van der Waals surface area contributed by atoms with Crippen molar-refractivity contribution in [2.24, 2.45) is 0 Å². The topological polar surface area (TPSA) is 241 Å². The van der Waals surface area contributed by atoms with Crippen LogP contribution in [0.1, 0.15) is 78.2 Å². The van der Waals surface area contributed by atoms with Gasteiger partial charge in [0.2, 0.25) is 11.6 Å². The molecule has 8 aromatic rings. The third-order valence-electron chi connectivity index (χ3n) is 11.4. The molecule has 9 rings (SSSR count). The van der Waals surface area contributed by atoms with Crippen molar-refractivity contribution in [3.8, 4) is 11.4 Å². The summed E-state index contributed by atoms with van der Waals surface area (Å²) in [7, 11) is 0. The van der Waals surface area contributed by atoms with Crippen LogP contribution >= 0.6 is 0 Å². The Bertz CT molecular complexity index is 3050. The normalized spacial score (nSPS) is 13.2. The number of aromatic nitrogens is 4. The number of non-ortho nitro benzene ring substituents is 2. The van der Waals surface area contributed by atoms with Gasteiger partial charge in [0.25, 0.3) is 11.4 Å². The number of benzene rings is 4. The van der Waals surface area contributed by atoms with Gasteiger partial charge in [0.05, 0.1) is 45.6 Å².